The molecule has 1 heterocycles. The summed E-state index contributed by atoms with van der Waals surface area (Å²) in [7, 11) is 0. The van der Waals surface area contributed by atoms with E-state index in [2.05, 4.69) is 20.0 Å². The van der Waals surface area contributed by atoms with Crippen LogP contribution in [0.25, 0.3) is 11.0 Å². The number of hydrogen-bond donors (Lipinski definition) is 1. The Balaban J connectivity index is 2.61. The minimum absolute atomic E-state index is 0.383. The van der Waals surface area contributed by atoms with E-state index in [4.69, 9.17) is 29.6 Å². The van der Waals surface area contributed by atoms with Crippen molar-refractivity contribution in [2.45, 2.75) is 0 Å². The van der Waals surface area contributed by atoms with Gasteiger partial charge in [-0.2, -0.15) is 8.75 Å². The molecule has 6 heteroatoms. The fourth-order valence-corrected chi connectivity index (χ4v) is 2.36. The molecule has 0 atom stereocenters. The molecule has 0 aliphatic rings. The van der Waals surface area contributed by atoms with Crippen molar-refractivity contribution in [1.29, 1.82) is 0 Å². The Labute approximate surface area is 101 Å². The van der Waals surface area contributed by atoms with Gasteiger partial charge in [-0.25, -0.2) is 0 Å². The number of hydrogen-bond acceptors (Lipinski definition) is 4. The van der Waals surface area contributed by atoms with Crippen LogP contribution in [0, 0.1) is 12.3 Å². The Morgan fingerprint density at radius 3 is 2.80 bits per heavy atom. The van der Waals surface area contributed by atoms with E-state index in [9.17, 15) is 0 Å². The van der Waals surface area contributed by atoms with Crippen LogP contribution in [0.2, 0.25) is 10.0 Å². The Bertz CT molecular complexity index is 544. The highest BCUT2D eigenvalue weighted by molar-refractivity contribution is 7.00. The maximum Gasteiger partial charge on any atom is 0.130 e. The second kappa shape index (κ2) is 4.23. The second-order valence-electron chi connectivity index (χ2n) is 2.73. The Morgan fingerprint density at radius 2 is 2.07 bits per heavy atom. The molecule has 0 aliphatic carbocycles. The zero-order chi connectivity index (χ0) is 10.8. The summed E-state index contributed by atoms with van der Waals surface area (Å²) in [5.74, 6) is 2.47. The molecule has 0 aliphatic heterocycles. The van der Waals surface area contributed by atoms with Crippen LogP contribution < -0.4 is 5.32 Å². The molecule has 0 fully saturated rings. The minimum atomic E-state index is 0.383. The molecular formula is C9H5Cl2N3S. The number of fused-ring (bicyclic) bond motifs is 1. The first-order chi connectivity index (χ1) is 7.24. The first-order valence-corrected chi connectivity index (χ1v) is 5.50. The van der Waals surface area contributed by atoms with Crippen molar-refractivity contribution in [2.75, 3.05) is 11.9 Å². The van der Waals surface area contributed by atoms with E-state index in [-0.39, 0.29) is 0 Å². The van der Waals surface area contributed by atoms with Crippen LogP contribution >= 0.6 is 34.9 Å². The van der Waals surface area contributed by atoms with Gasteiger partial charge in [-0.3, -0.25) is 0 Å². The number of terminal acetylenes is 1. The molecule has 0 saturated heterocycles. The molecule has 2 rings (SSSR count). The van der Waals surface area contributed by atoms with Crippen molar-refractivity contribution < 1.29 is 0 Å². The van der Waals surface area contributed by atoms with Gasteiger partial charge in [0.1, 0.15) is 11.0 Å². The molecule has 0 spiro atoms. The monoisotopic (exact) mass is 257 g/mol. The van der Waals surface area contributed by atoms with E-state index in [1.54, 1.807) is 6.07 Å². The average Bonchev–Trinajstić information content (AvgIpc) is 2.66. The van der Waals surface area contributed by atoms with Crippen LogP contribution in [0.1, 0.15) is 0 Å². The molecule has 0 bridgehead atoms. The van der Waals surface area contributed by atoms with Gasteiger partial charge in [-0.15, -0.1) is 6.42 Å². The smallest absolute Gasteiger partial charge is 0.130 e. The fourth-order valence-electron chi connectivity index (χ4n) is 1.18. The van der Waals surface area contributed by atoms with E-state index in [0.717, 1.165) is 11.7 Å². The summed E-state index contributed by atoms with van der Waals surface area (Å²) in [4.78, 5) is 0. The zero-order valence-electron chi connectivity index (χ0n) is 7.42. The maximum atomic E-state index is 6.02. The van der Waals surface area contributed by atoms with Crippen molar-refractivity contribution >= 4 is 51.7 Å². The molecule has 0 amide bonds. The minimum Gasteiger partial charge on any atom is -0.371 e. The lowest BCUT2D eigenvalue weighted by Gasteiger charge is -2.06. The van der Waals surface area contributed by atoms with E-state index in [0.29, 0.717) is 33.3 Å². The number of aromatic nitrogens is 2. The zero-order valence-corrected chi connectivity index (χ0v) is 9.75. The summed E-state index contributed by atoms with van der Waals surface area (Å²) >= 11 is 13.1. The highest BCUT2D eigenvalue weighted by atomic mass is 35.5. The van der Waals surface area contributed by atoms with Crippen LogP contribution in [0.4, 0.5) is 5.69 Å². The summed E-state index contributed by atoms with van der Waals surface area (Å²) in [6.07, 6.45) is 5.16. The normalized spacial score (nSPS) is 10.2. The summed E-state index contributed by atoms with van der Waals surface area (Å²) < 4.78 is 8.20. The molecule has 1 aromatic carbocycles. The highest BCUT2D eigenvalue weighted by Crippen LogP contribution is 2.34. The standard InChI is InChI=1S/C9H5Cl2N3S/c1-2-3-12-7-5(10)4-6(11)8-9(7)14-15-13-8/h1,4,12H,3H2. The average molecular weight is 258 g/mol. The quantitative estimate of drug-likeness (QED) is 0.841. The lowest BCUT2D eigenvalue weighted by molar-refractivity contribution is 1.39. The van der Waals surface area contributed by atoms with E-state index in [1.165, 1.54) is 0 Å². The molecule has 0 unspecified atom stereocenters. The lowest BCUT2D eigenvalue weighted by atomic mass is 10.2. The van der Waals surface area contributed by atoms with Crippen molar-refractivity contribution in [1.82, 2.24) is 8.75 Å². The van der Waals surface area contributed by atoms with Crippen LogP contribution in [0.3, 0.4) is 0 Å². The first kappa shape index (κ1) is 10.5. The fraction of sp³-hybridized carbons (Fsp3) is 0.111. The van der Waals surface area contributed by atoms with Crippen LogP contribution in [0.15, 0.2) is 6.07 Å². The molecule has 1 aromatic heterocycles. The van der Waals surface area contributed by atoms with Crippen molar-refractivity contribution in [2.24, 2.45) is 0 Å². The summed E-state index contributed by atoms with van der Waals surface area (Å²) in [5, 5.41) is 3.99. The lowest BCUT2D eigenvalue weighted by Crippen LogP contribution is -2.00. The molecule has 2 aromatic rings. The SMILES string of the molecule is C#CCNc1c(Cl)cc(Cl)c2nsnc12. The third kappa shape index (κ3) is 1.86. The van der Waals surface area contributed by atoms with Crippen LogP contribution in [-0.2, 0) is 0 Å². The molecule has 76 valence electrons. The predicted molar refractivity (Wildman–Crippen MR) is 64.8 cm³/mol. The van der Waals surface area contributed by atoms with Crippen LogP contribution in [-0.4, -0.2) is 15.3 Å². The van der Waals surface area contributed by atoms with Gasteiger partial charge in [0.15, 0.2) is 0 Å². The number of nitrogens with one attached hydrogen (secondary N) is 1. The van der Waals surface area contributed by atoms with Gasteiger partial charge < -0.3 is 5.32 Å². The topological polar surface area (TPSA) is 37.8 Å². The van der Waals surface area contributed by atoms with Crippen molar-refractivity contribution in [3.8, 4) is 12.3 Å². The first-order valence-electron chi connectivity index (χ1n) is 4.01. The van der Waals surface area contributed by atoms with Gasteiger partial charge in [0.25, 0.3) is 0 Å². The molecule has 1 N–H and O–H groups in total. The molecule has 15 heavy (non-hydrogen) atoms. The Kier molecular flexibility index (Phi) is 2.96. The van der Waals surface area contributed by atoms with E-state index < -0.39 is 0 Å². The van der Waals surface area contributed by atoms with E-state index >= 15 is 0 Å². The van der Waals surface area contributed by atoms with Crippen molar-refractivity contribution in [3.05, 3.63) is 16.1 Å². The Hall–Kier alpha value is -1.02. The highest BCUT2D eigenvalue weighted by Gasteiger charge is 2.12. The molecule has 3 nitrogen and oxygen atoms in total. The van der Waals surface area contributed by atoms with Gasteiger partial charge in [-0.05, 0) is 6.07 Å². The number of benzene rings is 1. The van der Waals surface area contributed by atoms with Gasteiger partial charge in [0.2, 0.25) is 0 Å². The second-order valence-corrected chi connectivity index (χ2v) is 4.08. The molecule has 0 radical (unpaired) electrons. The Morgan fingerprint density at radius 1 is 1.33 bits per heavy atom. The van der Waals surface area contributed by atoms with Crippen molar-refractivity contribution in [3.63, 3.8) is 0 Å². The summed E-state index contributed by atoms with van der Waals surface area (Å²) in [5.41, 5.74) is 1.99. The number of anilines is 1. The summed E-state index contributed by atoms with van der Waals surface area (Å²) in [6, 6.07) is 1.63. The summed E-state index contributed by atoms with van der Waals surface area (Å²) in [6.45, 7) is 0.383. The number of rotatable bonds is 2. The third-order valence-electron chi connectivity index (χ3n) is 1.81. The number of halogens is 2. The van der Waals surface area contributed by atoms with Gasteiger partial charge in [0.05, 0.1) is 34.0 Å². The number of nitrogens with zero attached hydrogens (tertiary/aromatic N) is 2. The van der Waals surface area contributed by atoms with Gasteiger partial charge in [-0.1, -0.05) is 29.1 Å². The third-order valence-corrected chi connectivity index (χ3v) is 2.93. The van der Waals surface area contributed by atoms with E-state index in [1.807, 2.05) is 0 Å². The van der Waals surface area contributed by atoms with Gasteiger partial charge >= 0.3 is 0 Å². The molecule has 0 saturated carbocycles. The van der Waals surface area contributed by atoms with Crippen LogP contribution in [0.5, 0.6) is 0 Å². The molecular weight excluding hydrogens is 253 g/mol. The predicted octanol–water partition coefficient (Wildman–Crippen LogP) is 3.04. The van der Waals surface area contributed by atoms with Gasteiger partial charge in [0, 0.05) is 0 Å². The maximum absolute atomic E-state index is 6.02. The largest absolute Gasteiger partial charge is 0.371 e.